The van der Waals surface area contributed by atoms with Gasteiger partial charge in [0, 0.05) is 22.2 Å². The molecule has 0 aliphatic rings. The predicted molar refractivity (Wildman–Crippen MR) is 111 cm³/mol. The molecule has 0 radical (unpaired) electrons. The van der Waals surface area contributed by atoms with E-state index in [2.05, 4.69) is 20.8 Å². The molecule has 1 nitrogen and oxygen atoms in total. The number of hydrogen-bond acceptors (Lipinski definition) is 1. The van der Waals surface area contributed by atoms with Gasteiger partial charge in [0.1, 0.15) is 17.4 Å². The molecule has 0 heterocycles. The molecule has 2 aromatic rings. The molecular formula is C20H25Cl2F2OPZr. The van der Waals surface area contributed by atoms with Crippen LogP contribution in [0.3, 0.4) is 0 Å². The average Bonchev–Trinajstić information content (AvgIpc) is 2.50. The number of benzene rings is 2. The maximum atomic E-state index is 14.0. The molecule has 1 atom stereocenters. The van der Waals surface area contributed by atoms with Crippen LogP contribution in [-0.2, 0) is 31.7 Å². The van der Waals surface area contributed by atoms with Crippen LogP contribution in [0.2, 0.25) is 0 Å². The Labute approximate surface area is 181 Å². The maximum absolute atomic E-state index is 14.0. The summed E-state index contributed by atoms with van der Waals surface area (Å²) >= 11 is -0.826. The third-order valence-corrected chi connectivity index (χ3v) is 5.31. The van der Waals surface area contributed by atoms with E-state index in [1.165, 1.54) is 12.1 Å². The van der Waals surface area contributed by atoms with Crippen molar-refractivity contribution in [2.24, 2.45) is 0 Å². The first-order valence-electron chi connectivity index (χ1n) is 8.37. The fourth-order valence-corrected chi connectivity index (χ4v) is 3.60. The van der Waals surface area contributed by atoms with Crippen LogP contribution >= 0.6 is 25.6 Å². The van der Waals surface area contributed by atoms with Crippen molar-refractivity contribution in [2.75, 3.05) is 0 Å². The van der Waals surface area contributed by atoms with Crippen LogP contribution in [0.1, 0.15) is 52.7 Å². The summed E-state index contributed by atoms with van der Waals surface area (Å²) in [6, 6.07) is 7.55. The number of phenolic OH excluding ortho intramolecular Hbond substituents is 1. The van der Waals surface area contributed by atoms with Crippen molar-refractivity contribution in [1.82, 2.24) is 0 Å². The zero-order valence-electron chi connectivity index (χ0n) is 16.3. The number of phenols is 1. The second-order valence-electron chi connectivity index (χ2n) is 8.24. The summed E-state index contributed by atoms with van der Waals surface area (Å²) < 4.78 is 27.1. The summed E-state index contributed by atoms with van der Waals surface area (Å²) in [6.45, 7) is 12.4. The second kappa shape index (κ2) is 10.2. The van der Waals surface area contributed by atoms with E-state index < -0.39 is 32.5 Å². The molecule has 1 N–H and O–H groups in total. The Morgan fingerprint density at radius 2 is 1.44 bits per heavy atom. The molecule has 7 heteroatoms. The van der Waals surface area contributed by atoms with Crippen molar-refractivity contribution in [2.45, 2.75) is 52.4 Å². The van der Waals surface area contributed by atoms with Crippen molar-refractivity contribution >= 4 is 36.2 Å². The van der Waals surface area contributed by atoms with Crippen molar-refractivity contribution in [3.8, 4) is 5.75 Å². The van der Waals surface area contributed by atoms with Crippen LogP contribution < -0.4 is 10.6 Å². The second-order valence-corrected chi connectivity index (χ2v) is 13.3. The summed E-state index contributed by atoms with van der Waals surface area (Å²) in [6.07, 6.45) is 0. The fraction of sp³-hybridized carbons (Fsp3) is 0.400. The molecule has 0 amide bonds. The third-order valence-electron chi connectivity index (χ3n) is 3.98. The van der Waals surface area contributed by atoms with Gasteiger partial charge >= 0.3 is 37.9 Å². The Morgan fingerprint density at radius 3 is 1.89 bits per heavy atom. The Kier molecular flexibility index (Phi) is 9.41. The Bertz CT molecular complexity index is 787. The van der Waals surface area contributed by atoms with Crippen LogP contribution in [0.4, 0.5) is 8.78 Å². The van der Waals surface area contributed by atoms with E-state index in [0.717, 1.165) is 17.2 Å². The third kappa shape index (κ3) is 7.39. The van der Waals surface area contributed by atoms with E-state index in [-0.39, 0.29) is 25.2 Å². The van der Waals surface area contributed by atoms with Crippen LogP contribution in [-0.4, -0.2) is 5.11 Å². The average molecular weight is 513 g/mol. The van der Waals surface area contributed by atoms with Crippen LogP contribution in [0.15, 0.2) is 30.3 Å². The SMILES string of the molecule is CC(C)(C)c1cc(Pc2ccc(F)cc2F)c(O)c(C(C)(C)C)c1.[Cl][Zr][Cl]. The van der Waals surface area contributed by atoms with Crippen molar-refractivity contribution in [3.63, 3.8) is 0 Å². The normalized spacial score (nSPS) is 12.1. The van der Waals surface area contributed by atoms with Crippen LogP contribution in [0.5, 0.6) is 5.75 Å². The molecule has 0 fully saturated rings. The summed E-state index contributed by atoms with van der Waals surface area (Å²) in [5, 5.41) is 11.8. The molecule has 0 spiro atoms. The topological polar surface area (TPSA) is 20.2 Å². The fourth-order valence-electron chi connectivity index (χ4n) is 2.47. The molecule has 148 valence electrons. The molecular weight excluding hydrogens is 487 g/mol. The summed E-state index contributed by atoms with van der Waals surface area (Å²) in [4.78, 5) is 0. The van der Waals surface area contributed by atoms with Gasteiger partial charge in [-0.1, -0.05) is 56.2 Å². The number of halogens is 4. The first-order chi connectivity index (χ1) is 12.3. The van der Waals surface area contributed by atoms with E-state index in [0.29, 0.717) is 10.6 Å². The van der Waals surface area contributed by atoms with Gasteiger partial charge in [-0.05, 0) is 34.6 Å². The van der Waals surface area contributed by atoms with Gasteiger partial charge in [0.15, 0.2) is 0 Å². The number of aromatic hydroxyl groups is 1. The van der Waals surface area contributed by atoms with Crippen molar-refractivity contribution in [1.29, 1.82) is 0 Å². The minimum absolute atomic E-state index is 0.0700. The molecule has 0 aliphatic heterocycles. The summed E-state index contributed by atoms with van der Waals surface area (Å²) in [5.74, 6) is -0.965. The van der Waals surface area contributed by atoms with Gasteiger partial charge < -0.3 is 5.11 Å². The van der Waals surface area contributed by atoms with Gasteiger partial charge in [0.2, 0.25) is 0 Å². The molecule has 2 aromatic carbocycles. The number of rotatable bonds is 2. The van der Waals surface area contributed by atoms with E-state index >= 15 is 0 Å². The van der Waals surface area contributed by atoms with Gasteiger partial charge in [0.05, 0.1) is 0 Å². The molecule has 27 heavy (non-hydrogen) atoms. The van der Waals surface area contributed by atoms with Crippen molar-refractivity contribution < 1.29 is 34.7 Å². The molecule has 0 bridgehead atoms. The Hall–Kier alpha value is -0.00688. The zero-order chi connectivity index (χ0) is 21.0. The quantitative estimate of drug-likeness (QED) is 0.471. The summed E-state index contributed by atoms with van der Waals surface area (Å²) in [5.41, 5.74) is 1.62. The first-order valence-corrected chi connectivity index (χ1v) is 15.7. The monoisotopic (exact) mass is 510 g/mol. The molecule has 0 saturated carbocycles. The number of hydrogen-bond donors (Lipinski definition) is 1. The van der Waals surface area contributed by atoms with E-state index in [4.69, 9.17) is 17.0 Å². The zero-order valence-corrected chi connectivity index (χ0v) is 21.3. The van der Waals surface area contributed by atoms with Gasteiger partial charge in [-0.2, -0.15) is 0 Å². The Morgan fingerprint density at radius 1 is 0.889 bits per heavy atom. The minimum atomic E-state index is -0.826. The van der Waals surface area contributed by atoms with Crippen molar-refractivity contribution in [3.05, 3.63) is 53.1 Å². The van der Waals surface area contributed by atoms with E-state index in [1.807, 2.05) is 32.9 Å². The standard InChI is InChI=1S/C20H25F2OP.2ClH.Zr/c1-19(2,3)12-9-14(20(4,5)6)18(23)17(10-12)24-16-8-7-13(21)11-15(16)22;;;/h7-11,23-24H,1-6H3;2*1H;/q;;;+2/p-2. The van der Waals surface area contributed by atoms with Gasteiger partial charge in [0.25, 0.3) is 0 Å². The first kappa shape index (κ1) is 25.0. The summed E-state index contributed by atoms with van der Waals surface area (Å²) in [7, 11) is 9.80. The van der Waals surface area contributed by atoms with Gasteiger partial charge in [-0.15, -0.1) is 0 Å². The van der Waals surface area contributed by atoms with Crippen LogP contribution in [0.25, 0.3) is 0 Å². The molecule has 1 unspecified atom stereocenters. The van der Waals surface area contributed by atoms with Crippen LogP contribution in [0, 0.1) is 11.6 Å². The van der Waals surface area contributed by atoms with E-state index in [9.17, 15) is 13.9 Å². The van der Waals surface area contributed by atoms with Gasteiger partial charge in [-0.25, -0.2) is 8.78 Å². The molecule has 0 saturated heterocycles. The van der Waals surface area contributed by atoms with E-state index in [1.54, 1.807) is 0 Å². The molecule has 0 aliphatic carbocycles. The molecule has 2 rings (SSSR count). The predicted octanol–water partition coefficient (Wildman–Crippen LogP) is 6.27. The Balaban J connectivity index is 0.00000114. The van der Waals surface area contributed by atoms with Gasteiger partial charge in [-0.3, -0.25) is 0 Å². The molecule has 0 aromatic heterocycles.